The number of rotatable bonds is 4. The molecule has 6 N–H and O–H groups in total. The Morgan fingerprint density at radius 3 is 2.17 bits per heavy atom. The lowest BCUT2D eigenvalue weighted by Gasteiger charge is -2.01. The van der Waals surface area contributed by atoms with Gasteiger partial charge in [0.15, 0.2) is 0 Å². The van der Waals surface area contributed by atoms with Crippen LogP contribution in [0.3, 0.4) is 0 Å². The number of halogens is 1. The van der Waals surface area contributed by atoms with Gasteiger partial charge in [-0.05, 0) is 18.6 Å². The molecule has 0 spiro atoms. The standard InChI is InChI=1S/C6H6FN.C5H9NO4/c7-5-3-1-2-4-6(5)8;6-3(5(9)10)1-2-4(7)8/h1-4H,8H2;3H,1-2,6H2,(H,7,8)(H,9,10)/t;3-/m.0/s1. The zero-order valence-corrected chi connectivity index (χ0v) is 9.54. The molecule has 0 unspecified atom stereocenters. The van der Waals surface area contributed by atoms with Crippen LogP contribution in [0.15, 0.2) is 24.3 Å². The number of para-hydroxylation sites is 1. The smallest absolute Gasteiger partial charge is 0.320 e. The molecule has 0 radical (unpaired) electrons. The molecule has 0 aromatic heterocycles. The van der Waals surface area contributed by atoms with E-state index >= 15 is 0 Å². The number of carbonyl (C=O) groups is 2. The molecule has 1 aromatic carbocycles. The summed E-state index contributed by atoms with van der Waals surface area (Å²) in [7, 11) is 0. The highest BCUT2D eigenvalue weighted by Crippen LogP contribution is 2.05. The summed E-state index contributed by atoms with van der Waals surface area (Å²) < 4.78 is 12.2. The molecule has 0 aliphatic carbocycles. The molecular formula is C11H15FN2O4. The number of nitrogen functional groups attached to an aromatic ring is 1. The van der Waals surface area contributed by atoms with E-state index < -0.39 is 18.0 Å². The Kier molecular flexibility index (Phi) is 7.06. The molecule has 1 rings (SSSR count). The molecule has 0 saturated heterocycles. The van der Waals surface area contributed by atoms with Crippen LogP contribution < -0.4 is 11.5 Å². The average molecular weight is 258 g/mol. The number of benzene rings is 1. The van der Waals surface area contributed by atoms with Crippen molar-refractivity contribution in [3.05, 3.63) is 30.1 Å². The van der Waals surface area contributed by atoms with Crippen LogP contribution in [-0.4, -0.2) is 28.2 Å². The molecule has 7 heteroatoms. The van der Waals surface area contributed by atoms with E-state index in [0.717, 1.165) is 0 Å². The fourth-order valence-electron chi connectivity index (χ4n) is 0.878. The fraction of sp³-hybridized carbons (Fsp3) is 0.273. The normalized spacial score (nSPS) is 11.0. The third-order valence-corrected chi connectivity index (χ3v) is 1.89. The average Bonchev–Trinajstić information content (AvgIpc) is 2.30. The van der Waals surface area contributed by atoms with Crippen molar-refractivity contribution in [1.29, 1.82) is 0 Å². The van der Waals surface area contributed by atoms with Crippen molar-refractivity contribution in [2.24, 2.45) is 5.73 Å². The second-order valence-corrected chi connectivity index (χ2v) is 3.40. The number of nitrogens with two attached hydrogens (primary N) is 2. The van der Waals surface area contributed by atoms with Crippen molar-refractivity contribution in [2.45, 2.75) is 18.9 Å². The van der Waals surface area contributed by atoms with Gasteiger partial charge in [0, 0.05) is 6.42 Å². The lowest BCUT2D eigenvalue weighted by atomic mass is 10.2. The minimum Gasteiger partial charge on any atom is -0.481 e. The summed E-state index contributed by atoms with van der Waals surface area (Å²) >= 11 is 0. The number of carboxylic acid groups (broad SMARTS) is 2. The first-order chi connectivity index (χ1) is 8.34. The van der Waals surface area contributed by atoms with Crippen molar-refractivity contribution in [2.75, 3.05) is 5.73 Å². The predicted octanol–water partition coefficient (Wildman–Crippen LogP) is 0.671. The van der Waals surface area contributed by atoms with Gasteiger partial charge in [-0.2, -0.15) is 0 Å². The van der Waals surface area contributed by atoms with Crippen molar-refractivity contribution in [3.63, 3.8) is 0 Å². The first-order valence-electron chi connectivity index (χ1n) is 5.04. The van der Waals surface area contributed by atoms with Gasteiger partial charge >= 0.3 is 11.9 Å². The van der Waals surface area contributed by atoms with Gasteiger partial charge in [-0.15, -0.1) is 0 Å². The van der Waals surface area contributed by atoms with E-state index in [2.05, 4.69) is 0 Å². The summed E-state index contributed by atoms with van der Waals surface area (Å²) in [5.74, 6) is -2.55. The second-order valence-electron chi connectivity index (χ2n) is 3.40. The Hall–Kier alpha value is -2.15. The van der Waals surface area contributed by atoms with E-state index in [1.54, 1.807) is 12.1 Å². The van der Waals surface area contributed by atoms with Gasteiger partial charge in [-0.3, -0.25) is 9.59 Å². The molecule has 1 aromatic rings. The monoisotopic (exact) mass is 258 g/mol. The SMILES string of the molecule is N[C@@H](CCC(=O)O)C(=O)O.Nc1ccccc1F. The van der Waals surface area contributed by atoms with Crippen LogP contribution in [0.5, 0.6) is 0 Å². The molecule has 18 heavy (non-hydrogen) atoms. The zero-order chi connectivity index (χ0) is 14.1. The first kappa shape index (κ1) is 15.9. The summed E-state index contributed by atoms with van der Waals surface area (Å²) in [4.78, 5) is 19.9. The molecule has 0 aliphatic heterocycles. The number of hydrogen-bond acceptors (Lipinski definition) is 4. The van der Waals surface area contributed by atoms with Gasteiger partial charge in [-0.25, -0.2) is 4.39 Å². The molecule has 0 bridgehead atoms. The fourth-order valence-corrected chi connectivity index (χ4v) is 0.878. The maximum Gasteiger partial charge on any atom is 0.320 e. The number of anilines is 1. The molecule has 0 heterocycles. The predicted molar refractivity (Wildman–Crippen MR) is 63.3 cm³/mol. The molecule has 0 amide bonds. The Labute approximate surface area is 103 Å². The minimum atomic E-state index is -1.17. The molecule has 6 nitrogen and oxygen atoms in total. The van der Waals surface area contributed by atoms with Crippen LogP contribution in [0.25, 0.3) is 0 Å². The van der Waals surface area contributed by atoms with Gasteiger partial charge in [0.05, 0.1) is 5.69 Å². The topological polar surface area (TPSA) is 127 Å². The highest BCUT2D eigenvalue weighted by Gasteiger charge is 2.12. The van der Waals surface area contributed by atoms with E-state index in [4.69, 9.17) is 21.7 Å². The number of aliphatic carboxylic acids is 2. The third kappa shape index (κ3) is 7.18. The van der Waals surface area contributed by atoms with Crippen LogP contribution in [0.2, 0.25) is 0 Å². The third-order valence-electron chi connectivity index (χ3n) is 1.89. The highest BCUT2D eigenvalue weighted by molar-refractivity contribution is 5.74. The van der Waals surface area contributed by atoms with Crippen molar-refractivity contribution < 1.29 is 24.2 Å². The van der Waals surface area contributed by atoms with Gasteiger partial charge < -0.3 is 21.7 Å². The summed E-state index contributed by atoms with van der Waals surface area (Å²) in [6.07, 6.45) is -0.224. The summed E-state index contributed by atoms with van der Waals surface area (Å²) in [5, 5.41) is 16.3. The van der Waals surface area contributed by atoms with Gasteiger partial charge in [0.25, 0.3) is 0 Å². The zero-order valence-electron chi connectivity index (χ0n) is 9.54. The summed E-state index contributed by atoms with van der Waals surface area (Å²) in [6.45, 7) is 0. The second kappa shape index (κ2) is 8.02. The van der Waals surface area contributed by atoms with Gasteiger partial charge in [0.2, 0.25) is 0 Å². The Balaban J connectivity index is 0.000000327. The molecular weight excluding hydrogens is 243 g/mol. The van der Waals surface area contributed by atoms with Crippen LogP contribution >= 0.6 is 0 Å². The highest BCUT2D eigenvalue weighted by atomic mass is 19.1. The van der Waals surface area contributed by atoms with Crippen LogP contribution in [0, 0.1) is 5.82 Å². The molecule has 0 fully saturated rings. The first-order valence-corrected chi connectivity index (χ1v) is 5.04. The van der Waals surface area contributed by atoms with Crippen LogP contribution in [0.1, 0.15) is 12.8 Å². The minimum absolute atomic E-state index is 0.0231. The van der Waals surface area contributed by atoms with Crippen molar-refractivity contribution in [1.82, 2.24) is 0 Å². The number of hydrogen-bond donors (Lipinski definition) is 4. The van der Waals surface area contributed by atoms with Crippen LogP contribution in [-0.2, 0) is 9.59 Å². The molecule has 0 aliphatic rings. The molecule has 0 saturated carbocycles. The quantitative estimate of drug-likeness (QED) is 0.588. The van der Waals surface area contributed by atoms with E-state index in [9.17, 15) is 14.0 Å². The van der Waals surface area contributed by atoms with Crippen molar-refractivity contribution >= 4 is 17.6 Å². The molecule has 1 atom stereocenters. The van der Waals surface area contributed by atoms with E-state index in [1.165, 1.54) is 12.1 Å². The van der Waals surface area contributed by atoms with E-state index in [1.807, 2.05) is 0 Å². The Bertz CT molecular complexity index is 391. The lowest BCUT2D eigenvalue weighted by Crippen LogP contribution is -2.30. The van der Waals surface area contributed by atoms with Gasteiger partial charge in [0.1, 0.15) is 11.9 Å². The molecule has 100 valence electrons. The Morgan fingerprint density at radius 2 is 1.83 bits per heavy atom. The van der Waals surface area contributed by atoms with E-state index in [0.29, 0.717) is 0 Å². The van der Waals surface area contributed by atoms with Gasteiger partial charge in [-0.1, -0.05) is 12.1 Å². The van der Waals surface area contributed by atoms with E-state index in [-0.39, 0.29) is 24.3 Å². The largest absolute Gasteiger partial charge is 0.481 e. The number of carboxylic acids is 2. The maximum atomic E-state index is 12.2. The maximum absolute atomic E-state index is 12.2. The lowest BCUT2D eigenvalue weighted by molar-refractivity contribution is -0.139. The summed E-state index contributed by atoms with van der Waals surface area (Å²) in [6, 6.07) is 5.09. The summed E-state index contributed by atoms with van der Waals surface area (Å²) in [5.41, 5.74) is 10.3. The van der Waals surface area contributed by atoms with Crippen LogP contribution in [0.4, 0.5) is 10.1 Å². The van der Waals surface area contributed by atoms with Crippen molar-refractivity contribution in [3.8, 4) is 0 Å². The Morgan fingerprint density at radius 1 is 1.28 bits per heavy atom.